The molecule has 0 amide bonds. The minimum Gasteiger partial charge on any atom is -0.493 e. The van der Waals surface area contributed by atoms with Gasteiger partial charge in [0.2, 0.25) is 0 Å². The van der Waals surface area contributed by atoms with Gasteiger partial charge in [0.1, 0.15) is 6.61 Å². The van der Waals surface area contributed by atoms with Crippen molar-refractivity contribution in [3.8, 4) is 23.8 Å². The number of thiazole rings is 1. The molecule has 0 aliphatic carbocycles. The second-order valence-electron chi connectivity index (χ2n) is 8.13. The molecule has 208 valence electrons. The number of rotatable bonds is 7. The predicted molar refractivity (Wildman–Crippen MR) is 147 cm³/mol. The van der Waals surface area contributed by atoms with Crippen molar-refractivity contribution >= 4 is 50.9 Å². The van der Waals surface area contributed by atoms with Gasteiger partial charge in [-0.1, -0.05) is 56.9 Å². The SMILES string of the molecule is C#CCOc1c(/C=c2\sc3n(c2=O)[C@H](c2ccc(Cl)cc2)C(C(=O)OCC)=C(C(F)(F)F)N=3)cc(Br)cc1OC. The molecule has 0 saturated heterocycles. The van der Waals surface area contributed by atoms with E-state index in [4.69, 9.17) is 32.2 Å². The van der Waals surface area contributed by atoms with Crippen LogP contribution in [0.5, 0.6) is 11.5 Å². The molecule has 1 aliphatic heterocycles. The second-order valence-corrected chi connectivity index (χ2v) is 10.5. The van der Waals surface area contributed by atoms with E-state index >= 15 is 0 Å². The number of esters is 1. The van der Waals surface area contributed by atoms with Crippen molar-refractivity contribution in [2.24, 2.45) is 4.99 Å². The van der Waals surface area contributed by atoms with Crippen molar-refractivity contribution in [2.75, 3.05) is 20.3 Å². The summed E-state index contributed by atoms with van der Waals surface area (Å²) in [5.41, 5.74) is -2.36. The Morgan fingerprint density at radius 1 is 1.30 bits per heavy atom. The molecule has 0 saturated carbocycles. The lowest BCUT2D eigenvalue weighted by Crippen LogP contribution is -2.41. The summed E-state index contributed by atoms with van der Waals surface area (Å²) in [4.78, 5) is 30.2. The fourth-order valence-corrected chi connectivity index (χ4v) is 5.63. The van der Waals surface area contributed by atoms with Gasteiger partial charge in [0.15, 0.2) is 22.0 Å². The van der Waals surface area contributed by atoms with E-state index < -0.39 is 35.0 Å². The van der Waals surface area contributed by atoms with Gasteiger partial charge < -0.3 is 14.2 Å². The smallest absolute Gasteiger partial charge is 0.434 e. The van der Waals surface area contributed by atoms with Crippen molar-refractivity contribution in [3.63, 3.8) is 0 Å². The molecule has 3 aromatic rings. The van der Waals surface area contributed by atoms with Crippen LogP contribution in [0.25, 0.3) is 6.08 Å². The number of hydrogen-bond donors (Lipinski definition) is 0. The zero-order valence-corrected chi connectivity index (χ0v) is 24.0. The summed E-state index contributed by atoms with van der Waals surface area (Å²) in [7, 11) is 1.42. The summed E-state index contributed by atoms with van der Waals surface area (Å²) < 4.78 is 60.5. The molecule has 13 heteroatoms. The summed E-state index contributed by atoms with van der Waals surface area (Å²) in [6, 6.07) is 7.56. The standard InChI is InChI=1S/C27H19BrClF3N2O5S/c1-4-10-39-22-15(11-16(28)13-18(22)37-3)12-19-24(35)34-21(14-6-8-17(29)9-7-14)20(25(36)38-5-2)23(27(30,31)32)33-26(34)40-19/h1,6-9,11-13,21H,5,10H2,2-3H3/b19-12-/t21-/m1/s1. The number of hydrogen-bond acceptors (Lipinski definition) is 7. The highest BCUT2D eigenvalue weighted by Crippen LogP contribution is 2.39. The lowest BCUT2D eigenvalue weighted by atomic mass is 9.95. The van der Waals surface area contributed by atoms with Crippen molar-refractivity contribution < 1.29 is 32.2 Å². The zero-order chi connectivity index (χ0) is 29.2. The van der Waals surface area contributed by atoms with Crippen LogP contribution in [0, 0.1) is 12.3 Å². The number of alkyl halides is 3. The zero-order valence-electron chi connectivity index (χ0n) is 20.8. The van der Waals surface area contributed by atoms with Gasteiger partial charge in [-0.05, 0) is 42.8 Å². The van der Waals surface area contributed by atoms with Crippen LogP contribution < -0.4 is 24.4 Å². The summed E-state index contributed by atoms with van der Waals surface area (Å²) in [5.74, 6) is 1.65. The predicted octanol–water partition coefficient (Wildman–Crippen LogP) is 4.78. The van der Waals surface area contributed by atoms with E-state index in [1.807, 2.05) is 0 Å². The van der Waals surface area contributed by atoms with Crippen LogP contribution in [-0.4, -0.2) is 37.0 Å². The first-order valence-electron chi connectivity index (χ1n) is 11.5. The van der Waals surface area contributed by atoms with Crippen LogP contribution in [0.3, 0.4) is 0 Å². The van der Waals surface area contributed by atoms with Crippen molar-refractivity contribution in [2.45, 2.75) is 19.1 Å². The Morgan fingerprint density at radius 2 is 2.00 bits per heavy atom. The first kappa shape index (κ1) is 29.5. The van der Waals surface area contributed by atoms with E-state index in [-0.39, 0.29) is 33.9 Å². The molecule has 1 aliphatic rings. The lowest BCUT2D eigenvalue weighted by Gasteiger charge is -2.26. The first-order chi connectivity index (χ1) is 19.0. The molecule has 0 bridgehead atoms. The molecule has 0 unspecified atom stereocenters. The number of terminal acetylenes is 1. The number of methoxy groups -OCH3 is 1. The van der Waals surface area contributed by atoms with E-state index in [1.165, 1.54) is 44.4 Å². The van der Waals surface area contributed by atoms with Crippen LogP contribution in [0.2, 0.25) is 5.02 Å². The molecule has 1 atom stereocenters. The van der Waals surface area contributed by atoms with Gasteiger partial charge in [-0.25, -0.2) is 9.79 Å². The minimum absolute atomic E-state index is 0.0232. The third-order valence-corrected chi connectivity index (χ3v) is 7.33. The van der Waals surface area contributed by atoms with Gasteiger partial charge in [0, 0.05) is 15.1 Å². The van der Waals surface area contributed by atoms with E-state index in [1.54, 1.807) is 12.1 Å². The van der Waals surface area contributed by atoms with Gasteiger partial charge in [-0.3, -0.25) is 9.36 Å². The van der Waals surface area contributed by atoms with Crippen LogP contribution in [0.15, 0.2) is 61.9 Å². The number of halogens is 5. The molecular weight excluding hydrogens is 637 g/mol. The molecule has 0 fully saturated rings. The lowest BCUT2D eigenvalue weighted by molar-refractivity contribution is -0.140. The maximum absolute atomic E-state index is 14.3. The number of fused-ring (bicyclic) bond motifs is 1. The van der Waals surface area contributed by atoms with E-state index in [2.05, 4.69) is 26.8 Å². The fraction of sp³-hybridized carbons (Fsp3) is 0.222. The van der Waals surface area contributed by atoms with Gasteiger partial charge >= 0.3 is 12.1 Å². The first-order valence-corrected chi connectivity index (χ1v) is 13.5. The van der Waals surface area contributed by atoms with E-state index in [0.29, 0.717) is 20.8 Å². The Labute approximate surface area is 243 Å². The molecule has 40 heavy (non-hydrogen) atoms. The van der Waals surface area contributed by atoms with Crippen LogP contribution in [-0.2, 0) is 9.53 Å². The fourth-order valence-electron chi connectivity index (χ4n) is 4.06. The Kier molecular flexibility index (Phi) is 8.77. The molecule has 2 aromatic carbocycles. The largest absolute Gasteiger partial charge is 0.493 e. The molecule has 2 heterocycles. The topological polar surface area (TPSA) is 79.1 Å². The summed E-state index contributed by atoms with van der Waals surface area (Å²) in [6.07, 6.45) is 1.75. The molecule has 1 aromatic heterocycles. The third-order valence-electron chi connectivity index (χ3n) is 5.64. The third kappa shape index (κ3) is 5.82. The maximum atomic E-state index is 14.3. The Balaban J connectivity index is 2.06. The summed E-state index contributed by atoms with van der Waals surface area (Å²) >= 11 is 10.1. The monoisotopic (exact) mass is 654 g/mol. The van der Waals surface area contributed by atoms with Crippen LogP contribution >= 0.6 is 38.9 Å². The van der Waals surface area contributed by atoms with Crippen LogP contribution in [0.1, 0.15) is 24.1 Å². The summed E-state index contributed by atoms with van der Waals surface area (Å²) in [5, 5.41) is 0.317. The van der Waals surface area contributed by atoms with E-state index in [9.17, 15) is 22.8 Å². The van der Waals surface area contributed by atoms with E-state index in [0.717, 1.165) is 15.9 Å². The number of ether oxygens (including phenoxy) is 3. The highest BCUT2D eigenvalue weighted by atomic mass is 79.9. The summed E-state index contributed by atoms with van der Waals surface area (Å²) in [6.45, 7) is 1.18. The number of carbonyl (C=O) groups is 1. The van der Waals surface area contributed by atoms with Gasteiger partial charge in [-0.15, -0.1) is 6.42 Å². The molecule has 0 spiro atoms. The van der Waals surface area contributed by atoms with Crippen molar-refractivity contribution in [3.05, 3.63) is 88.0 Å². The number of aromatic nitrogens is 1. The van der Waals surface area contributed by atoms with Gasteiger partial charge in [0.25, 0.3) is 5.56 Å². The van der Waals surface area contributed by atoms with Crippen molar-refractivity contribution in [1.29, 1.82) is 0 Å². The van der Waals surface area contributed by atoms with Crippen LogP contribution in [0.4, 0.5) is 13.2 Å². The number of carbonyl (C=O) groups excluding carboxylic acids is 1. The molecular formula is C27H19BrClF3N2O5S. The quantitative estimate of drug-likeness (QED) is 0.271. The number of benzene rings is 2. The second kappa shape index (κ2) is 11.9. The minimum atomic E-state index is -5.02. The average Bonchev–Trinajstić information content (AvgIpc) is 3.21. The maximum Gasteiger partial charge on any atom is 0.434 e. The number of nitrogens with zero attached hydrogens (tertiary/aromatic N) is 2. The molecule has 0 radical (unpaired) electrons. The highest BCUT2D eigenvalue weighted by molar-refractivity contribution is 9.10. The normalized spacial score (nSPS) is 15.2. The van der Waals surface area contributed by atoms with Crippen molar-refractivity contribution in [1.82, 2.24) is 4.57 Å². The average molecular weight is 656 g/mol. The Morgan fingerprint density at radius 3 is 2.60 bits per heavy atom. The Bertz CT molecular complexity index is 1720. The highest BCUT2D eigenvalue weighted by Gasteiger charge is 2.45. The van der Waals surface area contributed by atoms with Gasteiger partial charge in [-0.2, -0.15) is 13.2 Å². The molecule has 4 rings (SSSR count). The Hall–Kier alpha value is -3.53. The molecule has 0 N–H and O–H groups in total. The van der Waals surface area contributed by atoms with Gasteiger partial charge in [0.05, 0.1) is 29.9 Å². The number of allylic oxidation sites excluding steroid dienone is 1. The molecule has 7 nitrogen and oxygen atoms in total.